The van der Waals surface area contributed by atoms with E-state index in [1.54, 1.807) is 23.1 Å². The highest BCUT2D eigenvalue weighted by atomic mass is 35.5. The average molecular weight is 380 g/mol. The summed E-state index contributed by atoms with van der Waals surface area (Å²) >= 11 is 6.32. The Labute approximate surface area is 161 Å². The lowest BCUT2D eigenvalue weighted by atomic mass is 9.94. The molecule has 1 aliphatic rings. The lowest BCUT2D eigenvalue weighted by molar-refractivity contribution is -0.117. The Morgan fingerprint density at radius 3 is 2.50 bits per heavy atom. The van der Waals surface area contributed by atoms with Gasteiger partial charge < -0.3 is 16.0 Å². The number of halogens is 1. The Bertz CT molecular complexity index is 642. The monoisotopic (exact) mass is 379 g/mol. The fourth-order valence-corrected chi connectivity index (χ4v) is 3.70. The predicted molar refractivity (Wildman–Crippen MR) is 106 cm³/mol. The Kier molecular flexibility index (Phi) is 7.47. The van der Waals surface area contributed by atoms with E-state index in [1.807, 2.05) is 20.9 Å². The standard InChI is InChI=1S/C20H30ClN3O2/c1-13(2)11-18(22)19(25)23-14-9-10-16(17(21)12-14)20(26)24(3)15-7-5-4-6-8-15/h9-10,12-13,15,18H,4-8,11,22H2,1-3H3,(H,23,25)/t18-/m0/s1. The molecule has 3 N–H and O–H groups in total. The SMILES string of the molecule is CC(C)C[C@H](N)C(=O)Nc1ccc(C(=O)N(C)C2CCCCC2)c(Cl)c1. The van der Waals surface area contributed by atoms with Crippen LogP contribution in [0.1, 0.15) is 62.7 Å². The fourth-order valence-electron chi connectivity index (χ4n) is 3.44. The van der Waals surface area contributed by atoms with Gasteiger partial charge in [-0.15, -0.1) is 0 Å². The van der Waals surface area contributed by atoms with E-state index in [1.165, 1.54) is 6.42 Å². The third-order valence-corrected chi connectivity index (χ3v) is 5.28. The van der Waals surface area contributed by atoms with Crippen molar-refractivity contribution < 1.29 is 9.59 Å². The van der Waals surface area contributed by atoms with Crippen LogP contribution in [0, 0.1) is 5.92 Å². The van der Waals surface area contributed by atoms with E-state index < -0.39 is 6.04 Å². The van der Waals surface area contributed by atoms with Gasteiger partial charge in [-0.2, -0.15) is 0 Å². The van der Waals surface area contributed by atoms with E-state index >= 15 is 0 Å². The molecule has 0 heterocycles. The van der Waals surface area contributed by atoms with Gasteiger partial charge in [0.15, 0.2) is 0 Å². The van der Waals surface area contributed by atoms with Gasteiger partial charge >= 0.3 is 0 Å². The minimum absolute atomic E-state index is 0.0729. The van der Waals surface area contributed by atoms with Crippen LogP contribution in [-0.2, 0) is 4.79 Å². The first-order valence-corrected chi connectivity index (χ1v) is 9.80. The van der Waals surface area contributed by atoms with Gasteiger partial charge in [0.05, 0.1) is 16.6 Å². The van der Waals surface area contributed by atoms with Crippen molar-refractivity contribution in [2.24, 2.45) is 11.7 Å². The number of nitrogens with one attached hydrogen (secondary N) is 1. The van der Waals surface area contributed by atoms with Gasteiger partial charge in [0.25, 0.3) is 5.91 Å². The molecule has 144 valence electrons. The largest absolute Gasteiger partial charge is 0.339 e. The molecule has 6 heteroatoms. The minimum atomic E-state index is -0.562. The molecule has 2 amide bonds. The zero-order valence-electron chi connectivity index (χ0n) is 15.9. The molecule has 0 spiro atoms. The summed E-state index contributed by atoms with van der Waals surface area (Å²) in [5, 5.41) is 3.11. The molecule has 1 aromatic carbocycles. The maximum absolute atomic E-state index is 12.8. The van der Waals surface area contributed by atoms with Crippen molar-refractivity contribution in [2.45, 2.75) is 64.5 Å². The molecule has 0 radical (unpaired) electrons. The summed E-state index contributed by atoms with van der Waals surface area (Å²) in [7, 11) is 1.84. The zero-order chi connectivity index (χ0) is 19.3. The summed E-state index contributed by atoms with van der Waals surface area (Å²) in [6, 6.07) is 4.71. The smallest absolute Gasteiger partial charge is 0.255 e. The van der Waals surface area contributed by atoms with E-state index in [9.17, 15) is 9.59 Å². The molecule has 1 fully saturated rings. The van der Waals surface area contributed by atoms with E-state index in [0.29, 0.717) is 28.6 Å². The van der Waals surface area contributed by atoms with Crippen LogP contribution in [0.15, 0.2) is 18.2 Å². The van der Waals surface area contributed by atoms with Crippen LogP contribution in [-0.4, -0.2) is 35.8 Å². The minimum Gasteiger partial charge on any atom is -0.339 e. The zero-order valence-corrected chi connectivity index (χ0v) is 16.7. The third kappa shape index (κ3) is 5.45. The Balaban J connectivity index is 2.04. The molecule has 2 rings (SSSR count). The van der Waals surface area contributed by atoms with E-state index in [-0.39, 0.29) is 17.9 Å². The summed E-state index contributed by atoms with van der Waals surface area (Å²) in [4.78, 5) is 26.7. The summed E-state index contributed by atoms with van der Waals surface area (Å²) in [6.45, 7) is 4.04. The Morgan fingerprint density at radius 1 is 1.27 bits per heavy atom. The summed E-state index contributed by atoms with van der Waals surface area (Å²) in [5.41, 5.74) is 6.91. The first-order valence-electron chi connectivity index (χ1n) is 9.42. The van der Waals surface area contributed by atoms with Crippen molar-refractivity contribution in [1.82, 2.24) is 4.90 Å². The second-order valence-corrected chi connectivity index (χ2v) is 8.04. The Hall–Kier alpha value is -1.59. The lowest BCUT2D eigenvalue weighted by Crippen LogP contribution is -2.38. The van der Waals surface area contributed by atoms with Crippen LogP contribution in [0.4, 0.5) is 5.69 Å². The van der Waals surface area contributed by atoms with E-state index in [4.69, 9.17) is 17.3 Å². The van der Waals surface area contributed by atoms with Crippen LogP contribution >= 0.6 is 11.6 Å². The molecule has 0 unspecified atom stereocenters. The molecule has 0 saturated heterocycles. The highest BCUT2D eigenvalue weighted by Gasteiger charge is 2.24. The molecule has 1 aromatic rings. The molecular formula is C20H30ClN3O2. The van der Waals surface area contributed by atoms with Crippen molar-refractivity contribution in [3.63, 3.8) is 0 Å². The number of hydrogen-bond donors (Lipinski definition) is 2. The Morgan fingerprint density at radius 2 is 1.92 bits per heavy atom. The molecule has 26 heavy (non-hydrogen) atoms. The molecule has 1 aliphatic carbocycles. The van der Waals surface area contributed by atoms with Crippen molar-refractivity contribution in [3.8, 4) is 0 Å². The molecule has 1 saturated carbocycles. The van der Waals surface area contributed by atoms with Crippen molar-refractivity contribution in [1.29, 1.82) is 0 Å². The van der Waals surface area contributed by atoms with Gasteiger partial charge in [-0.1, -0.05) is 44.7 Å². The number of hydrogen-bond acceptors (Lipinski definition) is 3. The van der Waals surface area contributed by atoms with Gasteiger partial charge in [0.1, 0.15) is 0 Å². The number of carbonyl (C=O) groups is 2. The van der Waals surface area contributed by atoms with Gasteiger partial charge in [0, 0.05) is 18.8 Å². The van der Waals surface area contributed by atoms with Gasteiger partial charge in [0.2, 0.25) is 5.91 Å². The number of nitrogens with two attached hydrogens (primary N) is 1. The van der Waals surface area contributed by atoms with Crippen LogP contribution in [0.25, 0.3) is 0 Å². The number of amides is 2. The number of rotatable bonds is 6. The van der Waals surface area contributed by atoms with Crippen molar-refractivity contribution >= 4 is 29.1 Å². The maximum atomic E-state index is 12.8. The highest BCUT2D eigenvalue weighted by molar-refractivity contribution is 6.34. The van der Waals surface area contributed by atoms with E-state index in [0.717, 1.165) is 25.7 Å². The number of carbonyl (C=O) groups excluding carboxylic acids is 2. The summed E-state index contributed by atoms with van der Waals surface area (Å²) in [5.74, 6) is 0.0270. The topological polar surface area (TPSA) is 75.4 Å². The predicted octanol–water partition coefficient (Wildman–Crippen LogP) is 4.06. The van der Waals surface area contributed by atoms with Crippen LogP contribution in [0.2, 0.25) is 5.02 Å². The molecular weight excluding hydrogens is 350 g/mol. The second kappa shape index (κ2) is 9.38. The highest BCUT2D eigenvalue weighted by Crippen LogP contribution is 2.26. The second-order valence-electron chi connectivity index (χ2n) is 7.63. The normalized spacial score (nSPS) is 16.4. The molecule has 5 nitrogen and oxygen atoms in total. The fraction of sp³-hybridized carbons (Fsp3) is 0.600. The van der Waals surface area contributed by atoms with Gasteiger partial charge in [-0.25, -0.2) is 0 Å². The quantitative estimate of drug-likeness (QED) is 0.782. The van der Waals surface area contributed by atoms with Crippen molar-refractivity contribution in [3.05, 3.63) is 28.8 Å². The number of anilines is 1. The van der Waals surface area contributed by atoms with Crippen LogP contribution in [0.5, 0.6) is 0 Å². The maximum Gasteiger partial charge on any atom is 0.255 e. The van der Waals surface area contributed by atoms with Crippen LogP contribution in [0.3, 0.4) is 0 Å². The first kappa shape index (κ1) is 20.7. The molecule has 0 aliphatic heterocycles. The third-order valence-electron chi connectivity index (χ3n) is 4.97. The number of benzene rings is 1. The molecule has 0 bridgehead atoms. The molecule has 0 aromatic heterocycles. The summed E-state index contributed by atoms with van der Waals surface area (Å²) in [6.07, 6.45) is 6.27. The first-order chi connectivity index (χ1) is 12.3. The van der Waals surface area contributed by atoms with Crippen molar-refractivity contribution in [2.75, 3.05) is 12.4 Å². The molecule has 1 atom stereocenters. The van der Waals surface area contributed by atoms with Gasteiger partial charge in [-0.3, -0.25) is 9.59 Å². The average Bonchev–Trinajstić information content (AvgIpc) is 2.60. The summed E-state index contributed by atoms with van der Waals surface area (Å²) < 4.78 is 0. The van der Waals surface area contributed by atoms with Gasteiger partial charge in [-0.05, 0) is 43.4 Å². The lowest BCUT2D eigenvalue weighted by Gasteiger charge is -2.31. The number of nitrogens with zero attached hydrogens (tertiary/aromatic N) is 1. The van der Waals surface area contributed by atoms with E-state index in [2.05, 4.69) is 5.32 Å². The van der Waals surface area contributed by atoms with Crippen LogP contribution < -0.4 is 11.1 Å².